The summed E-state index contributed by atoms with van der Waals surface area (Å²) in [5.41, 5.74) is 0.867. The third-order valence-electron chi connectivity index (χ3n) is 4.40. The van der Waals surface area contributed by atoms with Crippen molar-refractivity contribution in [3.8, 4) is 5.75 Å². The van der Waals surface area contributed by atoms with Gasteiger partial charge in [0.05, 0.1) is 12.0 Å². The van der Waals surface area contributed by atoms with Crippen LogP contribution in [0.15, 0.2) is 53.4 Å². The maximum absolute atomic E-state index is 12.5. The van der Waals surface area contributed by atoms with E-state index in [0.29, 0.717) is 17.0 Å². The Labute approximate surface area is 159 Å². The van der Waals surface area contributed by atoms with Crippen molar-refractivity contribution in [3.63, 3.8) is 0 Å². The fraction of sp³-hybridized carbons (Fsp3) is 0.316. The minimum atomic E-state index is -3.74. The number of benzene rings is 2. The number of rotatable bonds is 6. The van der Waals surface area contributed by atoms with Crippen molar-refractivity contribution >= 4 is 21.6 Å². The Bertz CT molecular complexity index is 874. The second-order valence-electron chi connectivity index (χ2n) is 6.38. The number of methoxy groups -OCH3 is 1. The Hall–Kier alpha value is -2.58. The maximum atomic E-state index is 12.5. The summed E-state index contributed by atoms with van der Waals surface area (Å²) in [4.78, 5) is 12.4. The van der Waals surface area contributed by atoms with Crippen molar-refractivity contribution in [2.75, 3.05) is 24.9 Å². The highest BCUT2D eigenvalue weighted by atomic mass is 32.2. The molecule has 1 atom stereocenters. The Kier molecular flexibility index (Phi) is 5.98. The Morgan fingerprint density at radius 2 is 1.81 bits per heavy atom. The number of carbonyl (C=O) groups is 1. The zero-order valence-electron chi connectivity index (χ0n) is 15.1. The Morgan fingerprint density at radius 1 is 1.11 bits per heavy atom. The molecule has 27 heavy (non-hydrogen) atoms. The van der Waals surface area contributed by atoms with Gasteiger partial charge in [-0.25, -0.2) is 8.42 Å². The fourth-order valence-corrected chi connectivity index (χ4v) is 3.96. The van der Waals surface area contributed by atoms with Crippen LogP contribution >= 0.6 is 0 Å². The van der Waals surface area contributed by atoms with Crippen LogP contribution < -0.4 is 20.1 Å². The number of carbonyl (C=O) groups excluding carboxylic acids is 1. The molecule has 0 aliphatic carbocycles. The van der Waals surface area contributed by atoms with E-state index in [0.717, 1.165) is 25.9 Å². The average molecular weight is 389 g/mol. The van der Waals surface area contributed by atoms with Crippen molar-refractivity contribution in [1.29, 1.82) is 0 Å². The number of anilines is 1. The van der Waals surface area contributed by atoms with Crippen LogP contribution in [0.25, 0.3) is 0 Å². The quantitative estimate of drug-likeness (QED) is 0.702. The molecule has 7 nitrogen and oxygen atoms in total. The second kappa shape index (κ2) is 8.41. The Balaban J connectivity index is 1.66. The topological polar surface area (TPSA) is 96.5 Å². The molecular formula is C19H23N3O4S. The lowest BCUT2D eigenvalue weighted by atomic mass is 10.1. The summed E-state index contributed by atoms with van der Waals surface area (Å²) in [6.07, 6.45) is 1.97. The van der Waals surface area contributed by atoms with Gasteiger partial charge in [0.25, 0.3) is 15.9 Å². The number of hydrogen-bond donors (Lipinski definition) is 3. The number of nitrogens with one attached hydrogen (secondary N) is 3. The van der Waals surface area contributed by atoms with E-state index in [1.165, 1.54) is 24.3 Å². The average Bonchev–Trinajstić information content (AvgIpc) is 2.69. The summed E-state index contributed by atoms with van der Waals surface area (Å²) in [6.45, 7) is 1.73. The van der Waals surface area contributed by atoms with Gasteiger partial charge in [0.1, 0.15) is 5.75 Å². The molecule has 0 saturated carbocycles. The van der Waals surface area contributed by atoms with E-state index in [9.17, 15) is 13.2 Å². The van der Waals surface area contributed by atoms with E-state index >= 15 is 0 Å². The molecule has 1 aliphatic rings. The Morgan fingerprint density at radius 3 is 2.41 bits per heavy atom. The molecule has 1 saturated heterocycles. The molecule has 2 aromatic rings. The number of ether oxygens (including phenoxy) is 1. The van der Waals surface area contributed by atoms with Crippen LogP contribution in [0.4, 0.5) is 5.69 Å². The van der Waals surface area contributed by atoms with Crippen LogP contribution in [0, 0.1) is 0 Å². The van der Waals surface area contributed by atoms with E-state index in [4.69, 9.17) is 4.74 Å². The summed E-state index contributed by atoms with van der Waals surface area (Å²) in [5, 5.41) is 6.21. The molecule has 0 radical (unpaired) electrons. The summed E-state index contributed by atoms with van der Waals surface area (Å²) in [6, 6.07) is 12.6. The lowest BCUT2D eigenvalue weighted by molar-refractivity contribution is 0.0930. The smallest absolute Gasteiger partial charge is 0.261 e. The first-order valence-electron chi connectivity index (χ1n) is 8.76. The molecule has 0 bridgehead atoms. The minimum absolute atomic E-state index is 0.0919. The van der Waals surface area contributed by atoms with Gasteiger partial charge in [-0.1, -0.05) is 0 Å². The van der Waals surface area contributed by atoms with Crippen LogP contribution in [0.3, 0.4) is 0 Å². The number of amides is 1. The van der Waals surface area contributed by atoms with E-state index in [-0.39, 0.29) is 16.8 Å². The van der Waals surface area contributed by atoms with Gasteiger partial charge < -0.3 is 15.4 Å². The van der Waals surface area contributed by atoms with Gasteiger partial charge in [0.2, 0.25) is 0 Å². The van der Waals surface area contributed by atoms with Gasteiger partial charge in [0.15, 0.2) is 0 Å². The first-order chi connectivity index (χ1) is 13.0. The highest BCUT2D eigenvalue weighted by Crippen LogP contribution is 2.19. The van der Waals surface area contributed by atoms with Gasteiger partial charge >= 0.3 is 0 Å². The van der Waals surface area contributed by atoms with Crippen LogP contribution in [-0.4, -0.2) is 40.6 Å². The fourth-order valence-electron chi connectivity index (χ4n) is 2.90. The SMILES string of the molecule is COc1ccc(NS(=O)(=O)c2ccc(C(=O)NC3CCCNC3)cc2)cc1. The largest absolute Gasteiger partial charge is 0.497 e. The lowest BCUT2D eigenvalue weighted by Crippen LogP contribution is -2.45. The standard InChI is InChI=1S/C19H23N3O4S/c1-26-17-8-6-15(7-9-17)22-27(24,25)18-10-4-14(5-11-18)19(23)21-16-3-2-12-20-13-16/h4-11,16,20,22H,2-3,12-13H2,1H3,(H,21,23). The molecule has 1 fully saturated rings. The molecule has 1 aliphatic heterocycles. The predicted molar refractivity (Wildman–Crippen MR) is 104 cm³/mol. The number of piperidine rings is 1. The van der Waals surface area contributed by atoms with Crippen LogP contribution in [0.1, 0.15) is 23.2 Å². The van der Waals surface area contributed by atoms with Crippen molar-refractivity contribution < 1.29 is 17.9 Å². The lowest BCUT2D eigenvalue weighted by Gasteiger charge is -2.23. The van der Waals surface area contributed by atoms with E-state index in [1.54, 1.807) is 31.4 Å². The van der Waals surface area contributed by atoms with E-state index in [2.05, 4.69) is 15.4 Å². The summed E-state index contributed by atoms with van der Waals surface area (Å²) >= 11 is 0. The highest BCUT2D eigenvalue weighted by Gasteiger charge is 2.18. The van der Waals surface area contributed by atoms with Crippen LogP contribution in [0.2, 0.25) is 0 Å². The summed E-state index contributed by atoms with van der Waals surface area (Å²) in [5.74, 6) is 0.442. The molecule has 3 rings (SSSR count). The van der Waals surface area contributed by atoms with E-state index < -0.39 is 10.0 Å². The molecule has 2 aromatic carbocycles. The minimum Gasteiger partial charge on any atom is -0.497 e. The molecule has 1 amide bonds. The van der Waals surface area contributed by atoms with Crippen LogP contribution in [0.5, 0.6) is 5.75 Å². The molecule has 3 N–H and O–H groups in total. The van der Waals surface area contributed by atoms with Gasteiger partial charge in [-0.3, -0.25) is 9.52 Å². The molecule has 144 valence electrons. The monoisotopic (exact) mass is 389 g/mol. The maximum Gasteiger partial charge on any atom is 0.261 e. The first-order valence-corrected chi connectivity index (χ1v) is 10.2. The summed E-state index contributed by atoms with van der Waals surface area (Å²) < 4.78 is 32.6. The molecule has 0 aromatic heterocycles. The van der Waals surface area contributed by atoms with Gasteiger partial charge in [-0.2, -0.15) is 0 Å². The third kappa shape index (κ3) is 4.99. The van der Waals surface area contributed by atoms with Crippen molar-refractivity contribution in [2.45, 2.75) is 23.8 Å². The van der Waals surface area contributed by atoms with E-state index in [1.807, 2.05) is 0 Å². The second-order valence-corrected chi connectivity index (χ2v) is 8.06. The first kappa shape index (κ1) is 19.2. The molecule has 1 unspecified atom stereocenters. The molecule has 0 spiro atoms. The number of sulfonamides is 1. The zero-order chi connectivity index (χ0) is 19.3. The zero-order valence-corrected chi connectivity index (χ0v) is 15.9. The predicted octanol–water partition coefficient (Wildman–Crippen LogP) is 1.98. The molecule has 1 heterocycles. The number of hydrogen-bond acceptors (Lipinski definition) is 5. The van der Waals surface area contributed by atoms with Gasteiger partial charge in [0, 0.05) is 23.8 Å². The molecule has 8 heteroatoms. The van der Waals surface area contributed by atoms with Crippen LogP contribution in [-0.2, 0) is 10.0 Å². The van der Waals surface area contributed by atoms with Crippen molar-refractivity contribution in [2.24, 2.45) is 0 Å². The third-order valence-corrected chi connectivity index (χ3v) is 5.80. The molecular weight excluding hydrogens is 366 g/mol. The summed E-state index contributed by atoms with van der Waals surface area (Å²) in [7, 11) is -2.19. The van der Waals surface area contributed by atoms with Crippen molar-refractivity contribution in [3.05, 3.63) is 54.1 Å². The van der Waals surface area contributed by atoms with Gasteiger partial charge in [-0.05, 0) is 67.9 Å². The van der Waals surface area contributed by atoms with Crippen molar-refractivity contribution in [1.82, 2.24) is 10.6 Å². The van der Waals surface area contributed by atoms with Gasteiger partial charge in [-0.15, -0.1) is 0 Å². The normalized spacial score (nSPS) is 17.1. The highest BCUT2D eigenvalue weighted by molar-refractivity contribution is 7.92.